The van der Waals surface area contributed by atoms with E-state index in [-0.39, 0.29) is 17.5 Å². The second kappa shape index (κ2) is 6.69. The number of aromatic nitrogens is 3. The summed E-state index contributed by atoms with van der Waals surface area (Å²) in [5.41, 5.74) is 1.38. The lowest BCUT2D eigenvalue weighted by atomic mass is 10.1. The minimum absolute atomic E-state index is 0.0423. The molecule has 0 saturated carbocycles. The maximum atomic E-state index is 12.2. The van der Waals surface area contributed by atoms with Gasteiger partial charge in [-0.1, -0.05) is 13.8 Å². The zero-order valence-corrected chi connectivity index (χ0v) is 13.5. The largest absolute Gasteiger partial charge is 0.476 e. The first-order chi connectivity index (χ1) is 10.4. The van der Waals surface area contributed by atoms with Crippen LogP contribution in [-0.2, 0) is 13.5 Å². The molecule has 0 aliphatic rings. The second-order valence-electron chi connectivity index (χ2n) is 5.19. The van der Waals surface area contributed by atoms with E-state index in [4.69, 9.17) is 5.11 Å². The minimum atomic E-state index is -1.04. The number of nitrogens with one attached hydrogen (secondary N) is 1. The van der Waals surface area contributed by atoms with Gasteiger partial charge in [-0.15, -0.1) is 11.3 Å². The number of aryl methyl sites for hydroxylation is 1. The minimum Gasteiger partial charge on any atom is -0.476 e. The van der Waals surface area contributed by atoms with Gasteiger partial charge in [-0.25, -0.2) is 9.78 Å². The van der Waals surface area contributed by atoms with Gasteiger partial charge in [-0.3, -0.25) is 9.48 Å². The Bertz CT molecular complexity index is 690. The molecule has 0 fully saturated rings. The Kier molecular flexibility index (Phi) is 4.92. The van der Waals surface area contributed by atoms with Crippen molar-refractivity contribution in [2.24, 2.45) is 7.05 Å². The lowest BCUT2D eigenvalue weighted by Gasteiger charge is -2.06. The van der Waals surface area contributed by atoms with Crippen LogP contribution in [0.1, 0.15) is 51.3 Å². The molecule has 2 aromatic heterocycles. The first-order valence-corrected chi connectivity index (χ1v) is 7.76. The third kappa shape index (κ3) is 3.70. The fraction of sp³-hybridized carbons (Fsp3) is 0.429. The predicted molar refractivity (Wildman–Crippen MR) is 82.4 cm³/mol. The fourth-order valence-electron chi connectivity index (χ4n) is 2.01. The number of thiazole rings is 1. The molecule has 2 heterocycles. The van der Waals surface area contributed by atoms with Crippen LogP contribution in [0.4, 0.5) is 0 Å². The second-order valence-corrected chi connectivity index (χ2v) is 6.14. The van der Waals surface area contributed by atoms with Gasteiger partial charge in [0.1, 0.15) is 0 Å². The van der Waals surface area contributed by atoms with E-state index < -0.39 is 5.97 Å². The van der Waals surface area contributed by atoms with Crippen molar-refractivity contribution >= 4 is 23.2 Å². The number of carbonyl (C=O) groups excluding carboxylic acids is 1. The van der Waals surface area contributed by atoms with Gasteiger partial charge in [0.05, 0.1) is 16.3 Å². The molecule has 0 atom stereocenters. The van der Waals surface area contributed by atoms with Crippen LogP contribution in [-0.4, -0.2) is 38.3 Å². The SMILES string of the molecule is CC(C)c1nn(C)cc1C(=O)NCCc1nc(C(=O)O)cs1. The van der Waals surface area contributed by atoms with Gasteiger partial charge in [0.15, 0.2) is 5.69 Å². The van der Waals surface area contributed by atoms with Gasteiger partial charge in [0.25, 0.3) is 5.91 Å². The number of nitrogens with zero attached hydrogens (tertiary/aromatic N) is 3. The highest BCUT2D eigenvalue weighted by Crippen LogP contribution is 2.17. The number of carboxylic acid groups (broad SMARTS) is 1. The monoisotopic (exact) mass is 322 g/mol. The van der Waals surface area contributed by atoms with E-state index in [1.165, 1.54) is 16.7 Å². The van der Waals surface area contributed by atoms with Gasteiger partial charge in [0, 0.05) is 31.6 Å². The molecule has 0 aliphatic heterocycles. The van der Waals surface area contributed by atoms with Crippen molar-refractivity contribution < 1.29 is 14.7 Å². The van der Waals surface area contributed by atoms with Crippen LogP contribution in [0.5, 0.6) is 0 Å². The Morgan fingerprint density at radius 2 is 2.18 bits per heavy atom. The van der Waals surface area contributed by atoms with Gasteiger partial charge in [-0.2, -0.15) is 5.10 Å². The van der Waals surface area contributed by atoms with Crippen LogP contribution < -0.4 is 5.32 Å². The Hall–Kier alpha value is -2.22. The highest BCUT2D eigenvalue weighted by atomic mass is 32.1. The highest BCUT2D eigenvalue weighted by Gasteiger charge is 2.17. The molecule has 0 bridgehead atoms. The Balaban J connectivity index is 1.94. The first-order valence-electron chi connectivity index (χ1n) is 6.88. The summed E-state index contributed by atoms with van der Waals surface area (Å²) in [7, 11) is 1.78. The summed E-state index contributed by atoms with van der Waals surface area (Å²) in [6.07, 6.45) is 2.21. The number of carbonyl (C=O) groups is 2. The molecule has 0 aliphatic carbocycles. The van der Waals surface area contributed by atoms with Crippen LogP contribution >= 0.6 is 11.3 Å². The number of carboxylic acids is 1. The summed E-state index contributed by atoms with van der Waals surface area (Å²) < 4.78 is 1.63. The zero-order valence-electron chi connectivity index (χ0n) is 12.7. The molecular formula is C14H18N4O3S. The maximum Gasteiger partial charge on any atom is 0.355 e. The number of rotatable bonds is 6. The molecule has 7 nitrogen and oxygen atoms in total. The topological polar surface area (TPSA) is 97.1 Å². The third-order valence-corrected chi connectivity index (χ3v) is 3.95. The van der Waals surface area contributed by atoms with E-state index in [0.717, 1.165) is 5.69 Å². The normalized spacial score (nSPS) is 10.9. The molecule has 8 heteroatoms. The van der Waals surface area contributed by atoms with Crippen LogP contribution in [0.25, 0.3) is 0 Å². The van der Waals surface area contributed by atoms with E-state index in [0.29, 0.717) is 23.5 Å². The average molecular weight is 322 g/mol. The molecule has 2 N–H and O–H groups in total. The summed E-state index contributed by atoms with van der Waals surface area (Å²) in [6, 6.07) is 0. The van der Waals surface area contributed by atoms with Crippen molar-refractivity contribution in [3.8, 4) is 0 Å². The van der Waals surface area contributed by atoms with Gasteiger partial charge in [-0.05, 0) is 5.92 Å². The Labute approximate surface area is 132 Å². The molecule has 0 unspecified atom stereocenters. The third-order valence-electron chi connectivity index (χ3n) is 3.04. The molecule has 2 aromatic rings. The van der Waals surface area contributed by atoms with Crippen LogP contribution in [0.15, 0.2) is 11.6 Å². The first kappa shape index (κ1) is 16.2. The van der Waals surface area contributed by atoms with Gasteiger partial charge < -0.3 is 10.4 Å². The quantitative estimate of drug-likeness (QED) is 0.843. The summed E-state index contributed by atoms with van der Waals surface area (Å²) in [4.78, 5) is 26.9. The van der Waals surface area contributed by atoms with E-state index in [2.05, 4.69) is 15.4 Å². The molecule has 1 amide bonds. The van der Waals surface area contributed by atoms with Crippen LogP contribution in [0.3, 0.4) is 0 Å². The average Bonchev–Trinajstić information content (AvgIpc) is 3.05. The standard InChI is InChI=1S/C14H18N4O3S/c1-8(2)12-9(6-18(3)17-12)13(19)15-5-4-11-16-10(7-22-11)14(20)21/h6-8H,4-5H2,1-3H3,(H,15,19)(H,20,21). The van der Waals surface area contributed by atoms with Crippen molar-refractivity contribution in [3.05, 3.63) is 33.5 Å². The van der Waals surface area contributed by atoms with E-state index in [1.807, 2.05) is 13.8 Å². The number of aromatic carboxylic acids is 1. The van der Waals surface area contributed by atoms with Gasteiger partial charge >= 0.3 is 5.97 Å². The molecule has 0 spiro atoms. The molecule has 0 radical (unpaired) electrons. The van der Waals surface area contributed by atoms with Crippen molar-refractivity contribution in [2.75, 3.05) is 6.54 Å². The summed E-state index contributed by atoms with van der Waals surface area (Å²) >= 11 is 1.28. The molecule has 118 valence electrons. The van der Waals surface area contributed by atoms with Crippen molar-refractivity contribution in [1.29, 1.82) is 0 Å². The van der Waals surface area contributed by atoms with Crippen molar-refractivity contribution in [3.63, 3.8) is 0 Å². The van der Waals surface area contributed by atoms with E-state index >= 15 is 0 Å². The maximum absolute atomic E-state index is 12.2. The van der Waals surface area contributed by atoms with Crippen LogP contribution in [0, 0.1) is 0 Å². The highest BCUT2D eigenvalue weighted by molar-refractivity contribution is 7.09. The molecule has 2 rings (SSSR count). The lowest BCUT2D eigenvalue weighted by Crippen LogP contribution is -2.26. The molecule has 0 saturated heterocycles. The zero-order chi connectivity index (χ0) is 16.3. The molecule has 0 aromatic carbocycles. The summed E-state index contributed by atoms with van der Waals surface area (Å²) in [5.74, 6) is -1.05. The Morgan fingerprint density at radius 1 is 1.45 bits per heavy atom. The van der Waals surface area contributed by atoms with Crippen molar-refractivity contribution in [2.45, 2.75) is 26.2 Å². The van der Waals surface area contributed by atoms with Crippen LogP contribution in [0.2, 0.25) is 0 Å². The fourth-order valence-corrected chi connectivity index (χ4v) is 2.78. The number of amides is 1. The van der Waals surface area contributed by atoms with E-state index in [1.54, 1.807) is 17.9 Å². The van der Waals surface area contributed by atoms with Gasteiger partial charge in [0.2, 0.25) is 0 Å². The lowest BCUT2D eigenvalue weighted by molar-refractivity contribution is 0.0690. The molecular weight excluding hydrogens is 304 g/mol. The summed E-state index contributed by atoms with van der Waals surface area (Å²) in [6.45, 7) is 4.38. The smallest absolute Gasteiger partial charge is 0.355 e. The summed E-state index contributed by atoms with van der Waals surface area (Å²) in [5, 5.41) is 18.1. The molecule has 22 heavy (non-hydrogen) atoms. The van der Waals surface area contributed by atoms with Crippen molar-refractivity contribution in [1.82, 2.24) is 20.1 Å². The van der Waals surface area contributed by atoms with E-state index in [9.17, 15) is 9.59 Å². The number of hydrogen-bond acceptors (Lipinski definition) is 5. The Morgan fingerprint density at radius 3 is 2.77 bits per heavy atom. The number of hydrogen-bond donors (Lipinski definition) is 2. The predicted octanol–water partition coefficient (Wildman–Crippen LogP) is 1.67.